The molecule has 1 atom stereocenters. The highest BCUT2D eigenvalue weighted by Crippen LogP contribution is 2.32. The molecule has 0 spiro atoms. The van der Waals surface area contributed by atoms with Crippen molar-refractivity contribution in [1.82, 2.24) is 0 Å². The molecule has 2 rings (SSSR count). The first-order valence-electron chi connectivity index (χ1n) is 5.86. The summed E-state index contributed by atoms with van der Waals surface area (Å²) in [7, 11) is 0. The highest BCUT2D eigenvalue weighted by molar-refractivity contribution is 9.10. The second-order valence-corrected chi connectivity index (χ2v) is 6.11. The molecular weight excluding hydrogens is 347 g/mol. The van der Waals surface area contributed by atoms with Crippen molar-refractivity contribution < 1.29 is 5.11 Å². The minimum atomic E-state index is -0.646. The van der Waals surface area contributed by atoms with E-state index in [2.05, 4.69) is 15.9 Å². The summed E-state index contributed by atoms with van der Waals surface area (Å²) in [4.78, 5) is 0. The number of aliphatic hydroxyl groups excluding tert-OH is 1. The molecule has 0 fully saturated rings. The van der Waals surface area contributed by atoms with Crippen molar-refractivity contribution >= 4 is 39.1 Å². The third-order valence-electron chi connectivity index (χ3n) is 2.97. The van der Waals surface area contributed by atoms with E-state index in [1.54, 1.807) is 18.2 Å². The third-order valence-corrected chi connectivity index (χ3v) is 4.37. The first-order valence-corrected chi connectivity index (χ1v) is 7.41. The van der Waals surface area contributed by atoms with E-state index in [0.717, 1.165) is 21.2 Å². The van der Waals surface area contributed by atoms with Crippen LogP contribution in [-0.2, 0) is 6.42 Å². The van der Waals surface area contributed by atoms with Crippen molar-refractivity contribution in [3.05, 3.63) is 67.6 Å². The first kappa shape index (κ1) is 14.9. The molecule has 0 saturated carbocycles. The molecule has 1 unspecified atom stereocenters. The van der Waals surface area contributed by atoms with Crippen LogP contribution >= 0.6 is 39.1 Å². The van der Waals surface area contributed by atoms with Crippen LogP contribution in [0.15, 0.2) is 40.9 Å². The van der Waals surface area contributed by atoms with E-state index in [0.29, 0.717) is 16.5 Å². The number of hydrogen-bond donors (Lipinski definition) is 1. The van der Waals surface area contributed by atoms with E-state index in [-0.39, 0.29) is 0 Å². The maximum Gasteiger partial charge on any atom is 0.0842 e. The number of rotatable bonds is 3. The van der Waals surface area contributed by atoms with Gasteiger partial charge in [0, 0.05) is 20.9 Å². The van der Waals surface area contributed by atoms with Gasteiger partial charge >= 0.3 is 0 Å². The first-order chi connectivity index (χ1) is 8.99. The van der Waals surface area contributed by atoms with Gasteiger partial charge in [-0.25, -0.2) is 0 Å². The van der Waals surface area contributed by atoms with Gasteiger partial charge in [-0.3, -0.25) is 0 Å². The lowest BCUT2D eigenvalue weighted by atomic mass is 10.0. The molecule has 2 aromatic carbocycles. The molecule has 0 heterocycles. The van der Waals surface area contributed by atoms with Gasteiger partial charge in [-0.05, 0) is 41.8 Å². The summed E-state index contributed by atoms with van der Waals surface area (Å²) in [5.74, 6) is 0. The van der Waals surface area contributed by atoms with E-state index in [1.807, 2.05) is 25.1 Å². The maximum atomic E-state index is 10.3. The van der Waals surface area contributed by atoms with Crippen LogP contribution in [0.1, 0.15) is 22.8 Å². The fraction of sp³-hybridized carbons (Fsp3) is 0.200. The minimum absolute atomic E-state index is 0.389. The standard InChI is InChI=1S/C15H13BrCl2O/c1-9-5-6-10(12(16)7-9)15(19)8-11-13(17)3-2-4-14(11)18/h2-7,15,19H,8H2,1H3. The molecule has 0 aliphatic rings. The van der Waals surface area contributed by atoms with Crippen molar-refractivity contribution in [3.8, 4) is 0 Å². The van der Waals surface area contributed by atoms with Gasteiger partial charge in [0.2, 0.25) is 0 Å². The topological polar surface area (TPSA) is 20.2 Å². The smallest absolute Gasteiger partial charge is 0.0842 e. The molecule has 19 heavy (non-hydrogen) atoms. The van der Waals surface area contributed by atoms with Gasteiger partial charge in [0.15, 0.2) is 0 Å². The molecule has 0 aromatic heterocycles. The predicted octanol–water partition coefficient (Wildman–Crippen LogP) is 5.34. The SMILES string of the molecule is Cc1ccc(C(O)Cc2c(Cl)cccc2Cl)c(Br)c1. The van der Waals surface area contributed by atoms with Gasteiger partial charge in [0.1, 0.15) is 0 Å². The summed E-state index contributed by atoms with van der Waals surface area (Å²) in [6.45, 7) is 2.01. The van der Waals surface area contributed by atoms with Gasteiger partial charge in [0.05, 0.1) is 6.10 Å². The van der Waals surface area contributed by atoms with Crippen LogP contribution in [0, 0.1) is 6.92 Å². The van der Waals surface area contributed by atoms with E-state index in [4.69, 9.17) is 23.2 Å². The number of hydrogen-bond acceptors (Lipinski definition) is 1. The third kappa shape index (κ3) is 3.51. The lowest BCUT2D eigenvalue weighted by Gasteiger charge is -2.15. The molecule has 0 saturated heterocycles. The second-order valence-electron chi connectivity index (χ2n) is 4.45. The minimum Gasteiger partial charge on any atom is -0.388 e. The molecular formula is C15H13BrCl2O. The monoisotopic (exact) mass is 358 g/mol. The highest BCUT2D eigenvalue weighted by Gasteiger charge is 2.15. The quantitative estimate of drug-likeness (QED) is 0.784. The average molecular weight is 360 g/mol. The Hall–Kier alpha value is -0.540. The Morgan fingerprint density at radius 1 is 1.16 bits per heavy atom. The summed E-state index contributed by atoms with van der Waals surface area (Å²) in [5.41, 5.74) is 2.74. The number of benzene rings is 2. The van der Waals surface area contributed by atoms with Crippen LogP contribution in [0.3, 0.4) is 0 Å². The Morgan fingerprint density at radius 3 is 2.37 bits per heavy atom. The van der Waals surface area contributed by atoms with Crippen LogP contribution < -0.4 is 0 Å². The van der Waals surface area contributed by atoms with Crippen molar-refractivity contribution in [2.75, 3.05) is 0 Å². The Bertz CT molecular complexity index is 578. The summed E-state index contributed by atoms with van der Waals surface area (Å²) >= 11 is 15.7. The van der Waals surface area contributed by atoms with Crippen molar-refractivity contribution in [1.29, 1.82) is 0 Å². The Balaban J connectivity index is 2.28. The zero-order valence-corrected chi connectivity index (χ0v) is 13.4. The fourth-order valence-corrected chi connectivity index (χ4v) is 3.24. The molecule has 1 nitrogen and oxygen atoms in total. The van der Waals surface area contributed by atoms with Gasteiger partial charge < -0.3 is 5.11 Å². The molecule has 0 radical (unpaired) electrons. The zero-order chi connectivity index (χ0) is 14.0. The maximum absolute atomic E-state index is 10.3. The summed E-state index contributed by atoms with van der Waals surface area (Å²) in [5, 5.41) is 11.5. The van der Waals surface area contributed by atoms with E-state index in [9.17, 15) is 5.11 Å². The second kappa shape index (κ2) is 6.27. The van der Waals surface area contributed by atoms with Crippen LogP contribution in [0.2, 0.25) is 10.0 Å². The van der Waals surface area contributed by atoms with Crippen LogP contribution in [0.25, 0.3) is 0 Å². The van der Waals surface area contributed by atoms with Gasteiger partial charge in [-0.15, -0.1) is 0 Å². The van der Waals surface area contributed by atoms with Crippen molar-refractivity contribution in [2.24, 2.45) is 0 Å². The Kier molecular flexibility index (Phi) is 4.91. The summed E-state index contributed by atoms with van der Waals surface area (Å²) < 4.78 is 0.892. The van der Waals surface area contributed by atoms with Crippen molar-refractivity contribution in [3.63, 3.8) is 0 Å². The average Bonchev–Trinajstić information content (AvgIpc) is 2.33. The lowest BCUT2D eigenvalue weighted by Crippen LogP contribution is -2.04. The van der Waals surface area contributed by atoms with Crippen LogP contribution in [0.5, 0.6) is 0 Å². The lowest BCUT2D eigenvalue weighted by molar-refractivity contribution is 0.177. The van der Waals surface area contributed by atoms with Gasteiger partial charge in [-0.1, -0.05) is 57.3 Å². The Morgan fingerprint density at radius 2 is 1.79 bits per heavy atom. The van der Waals surface area contributed by atoms with Gasteiger partial charge in [0.25, 0.3) is 0 Å². The van der Waals surface area contributed by atoms with Gasteiger partial charge in [-0.2, -0.15) is 0 Å². The number of aliphatic hydroxyl groups is 1. The largest absolute Gasteiger partial charge is 0.388 e. The molecule has 0 aliphatic heterocycles. The van der Waals surface area contributed by atoms with Crippen molar-refractivity contribution in [2.45, 2.75) is 19.4 Å². The molecule has 1 N–H and O–H groups in total. The molecule has 4 heteroatoms. The Labute approximate surface area is 131 Å². The van der Waals surface area contributed by atoms with E-state index < -0.39 is 6.10 Å². The predicted molar refractivity (Wildman–Crippen MR) is 84.0 cm³/mol. The van der Waals surface area contributed by atoms with Crippen LogP contribution in [-0.4, -0.2) is 5.11 Å². The number of aryl methyl sites for hydroxylation is 1. The van der Waals surface area contributed by atoms with Crippen LogP contribution in [0.4, 0.5) is 0 Å². The molecule has 0 bridgehead atoms. The van der Waals surface area contributed by atoms with E-state index in [1.165, 1.54) is 0 Å². The molecule has 0 aliphatic carbocycles. The van der Waals surface area contributed by atoms with E-state index >= 15 is 0 Å². The normalized spacial score (nSPS) is 12.5. The molecule has 2 aromatic rings. The zero-order valence-electron chi connectivity index (χ0n) is 10.3. The highest BCUT2D eigenvalue weighted by atomic mass is 79.9. The molecule has 100 valence electrons. The fourth-order valence-electron chi connectivity index (χ4n) is 1.93. The molecule has 0 amide bonds. The summed E-state index contributed by atoms with van der Waals surface area (Å²) in [6.07, 6.45) is -0.257. The summed E-state index contributed by atoms with van der Waals surface area (Å²) in [6, 6.07) is 11.2. The number of halogens is 3.